The van der Waals surface area contributed by atoms with E-state index in [0.29, 0.717) is 43.1 Å². The van der Waals surface area contributed by atoms with Gasteiger partial charge in [-0.25, -0.2) is 9.37 Å². The molecule has 1 fully saturated rings. The Morgan fingerprint density at radius 3 is 2.74 bits per heavy atom. The molecule has 0 spiro atoms. The molecule has 0 radical (unpaired) electrons. The number of thiophene rings is 1. The van der Waals surface area contributed by atoms with E-state index in [-0.39, 0.29) is 24.3 Å². The van der Waals surface area contributed by atoms with Crippen LogP contribution in [0, 0.1) is 11.7 Å². The minimum absolute atomic E-state index is 0.0309. The van der Waals surface area contributed by atoms with Gasteiger partial charge < -0.3 is 15.0 Å². The summed E-state index contributed by atoms with van der Waals surface area (Å²) in [6, 6.07) is 13.1. The third-order valence-electron chi connectivity index (χ3n) is 5.20. The number of pyridine rings is 1. The highest BCUT2D eigenvalue weighted by molar-refractivity contribution is 7.12. The second kappa shape index (κ2) is 9.70. The molecule has 3 heterocycles. The molecule has 0 atom stereocenters. The number of aromatic nitrogens is 1. The summed E-state index contributed by atoms with van der Waals surface area (Å²) in [5.41, 5.74) is 0.699. The topological polar surface area (TPSA) is 71.5 Å². The highest BCUT2D eigenvalue weighted by Gasteiger charge is 2.28. The number of carbonyl (C=O) groups excluding carboxylic acids is 2. The van der Waals surface area contributed by atoms with Gasteiger partial charge in [-0.3, -0.25) is 9.59 Å². The highest BCUT2D eigenvalue weighted by atomic mass is 32.1. The summed E-state index contributed by atoms with van der Waals surface area (Å²) in [5.74, 6) is 0.106. The van der Waals surface area contributed by atoms with E-state index < -0.39 is 5.82 Å². The molecule has 0 saturated carbocycles. The van der Waals surface area contributed by atoms with Crippen molar-refractivity contribution in [3.8, 4) is 11.6 Å². The Morgan fingerprint density at radius 1 is 1.16 bits per heavy atom. The molecule has 0 bridgehead atoms. The molecular weight excluding hydrogens is 417 g/mol. The maximum atomic E-state index is 13.4. The van der Waals surface area contributed by atoms with Crippen LogP contribution in [0.2, 0.25) is 0 Å². The molecule has 1 saturated heterocycles. The first-order valence-corrected chi connectivity index (χ1v) is 11.0. The molecule has 31 heavy (non-hydrogen) atoms. The van der Waals surface area contributed by atoms with Gasteiger partial charge >= 0.3 is 0 Å². The lowest BCUT2D eigenvalue weighted by molar-refractivity contribution is -0.126. The smallest absolute Gasteiger partial charge is 0.263 e. The van der Waals surface area contributed by atoms with E-state index in [1.807, 2.05) is 28.5 Å². The van der Waals surface area contributed by atoms with E-state index in [0.717, 1.165) is 4.88 Å². The predicted octanol–water partition coefficient (Wildman–Crippen LogP) is 4.24. The lowest BCUT2D eigenvalue weighted by Gasteiger charge is -2.31. The summed E-state index contributed by atoms with van der Waals surface area (Å²) >= 11 is 1.43. The van der Waals surface area contributed by atoms with Crippen LogP contribution in [0.25, 0.3) is 0 Å². The van der Waals surface area contributed by atoms with Crippen molar-refractivity contribution in [1.29, 1.82) is 0 Å². The Balaban J connectivity index is 1.31. The Bertz CT molecular complexity index is 1050. The number of nitrogens with one attached hydrogen (secondary N) is 1. The number of halogens is 1. The number of amides is 2. The molecule has 6 nitrogen and oxygen atoms in total. The first-order valence-electron chi connectivity index (χ1n) is 10.1. The van der Waals surface area contributed by atoms with Crippen molar-refractivity contribution in [1.82, 2.24) is 15.2 Å². The van der Waals surface area contributed by atoms with Crippen LogP contribution < -0.4 is 10.1 Å². The standard InChI is InChI=1S/C23H22FN3O3S/c24-18-5-1-6-19(14-18)30-22-17(4-2-10-25-22)15-26-21(28)16-8-11-27(12-9-16)23(29)20-7-3-13-31-20/h1-7,10,13-14,16H,8-9,11-12,15H2,(H,26,28). The minimum Gasteiger partial charge on any atom is -0.439 e. The van der Waals surface area contributed by atoms with Crippen LogP contribution in [0.5, 0.6) is 11.6 Å². The summed E-state index contributed by atoms with van der Waals surface area (Å²) in [6.07, 6.45) is 2.84. The Labute approximate surface area is 183 Å². The Kier molecular flexibility index (Phi) is 6.57. The van der Waals surface area contributed by atoms with E-state index in [9.17, 15) is 14.0 Å². The molecule has 1 aliphatic heterocycles. The minimum atomic E-state index is -0.396. The zero-order chi connectivity index (χ0) is 21.6. The van der Waals surface area contributed by atoms with Crippen LogP contribution in [0.3, 0.4) is 0 Å². The second-order valence-corrected chi connectivity index (χ2v) is 8.24. The molecule has 2 aromatic heterocycles. The number of hydrogen-bond acceptors (Lipinski definition) is 5. The third kappa shape index (κ3) is 5.27. The molecule has 1 aromatic carbocycles. The van der Waals surface area contributed by atoms with E-state index in [2.05, 4.69) is 10.3 Å². The van der Waals surface area contributed by atoms with Gasteiger partial charge in [0.25, 0.3) is 5.91 Å². The maximum absolute atomic E-state index is 13.4. The zero-order valence-electron chi connectivity index (χ0n) is 16.8. The number of ether oxygens (including phenoxy) is 1. The molecule has 3 aromatic rings. The Hall–Kier alpha value is -3.26. The van der Waals surface area contributed by atoms with Crippen LogP contribution in [-0.4, -0.2) is 34.8 Å². The monoisotopic (exact) mass is 439 g/mol. The van der Waals surface area contributed by atoms with Crippen LogP contribution in [0.4, 0.5) is 4.39 Å². The molecule has 160 valence electrons. The second-order valence-electron chi connectivity index (χ2n) is 7.29. The summed E-state index contributed by atoms with van der Waals surface area (Å²) in [5, 5.41) is 4.83. The number of likely N-dealkylation sites (tertiary alicyclic amines) is 1. The van der Waals surface area contributed by atoms with Gasteiger partial charge in [0, 0.05) is 43.4 Å². The van der Waals surface area contributed by atoms with Crippen molar-refractivity contribution in [3.05, 3.63) is 76.4 Å². The van der Waals surface area contributed by atoms with Crippen molar-refractivity contribution in [2.45, 2.75) is 19.4 Å². The van der Waals surface area contributed by atoms with Gasteiger partial charge in [0.05, 0.1) is 4.88 Å². The number of nitrogens with zero attached hydrogens (tertiary/aromatic N) is 2. The lowest BCUT2D eigenvalue weighted by atomic mass is 9.95. The summed E-state index contributed by atoms with van der Waals surface area (Å²) in [7, 11) is 0. The highest BCUT2D eigenvalue weighted by Crippen LogP contribution is 2.24. The van der Waals surface area contributed by atoms with Gasteiger partial charge in [0.15, 0.2) is 0 Å². The molecular formula is C23H22FN3O3S. The van der Waals surface area contributed by atoms with Crippen molar-refractivity contribution in [2.75, 3.05) is 13.1 Å². The van der Waals surface area contributed by atoms with Gasteiger partial charge in [0.1, 0.15) is 11.6 Å². The first-order chi connectivity index (χ1) is 15.1. The molecule has 8 heteroatoms. The summed E-state index contributed by atoms with van der Waals surface area (Å²) in [6.45, 7) is 1.39. The molecule has 0 aliphatic carbocycles. The number of rotatable bonds is 6. The maximum Gasteiger partial charge on any atom is 0.263 e. The predicted molar refractivity (Wildman–Crippen MR) is 116 cm³/mol. The zero-order valence-corrected chi connectivity index (χ0v) is 17.6. The summed E-state index contributed by atoms with van der Waals surface area (Å²) in [4.78, 5) is 31.9. The molecule has 1 aliphatic rings. The van der Waals surface area contributed by atoms with Crippen molar-refractivity contribution in [3.63, 3.8) is 0 Å². The largest absolute Gasteiger partial charge is 0.439 e. The number of carbonyl (C=O) groups is 2. The van der Waals surface area contributed by atoms with Gasteiger partial charge in [0.2, 0.25) is 11.8 Å². The fourth-order valence-electron chi connectivity index (χ4n) is 3.52. The average Bonchev–Trinajstić information content (AvgIpc) is 3.33. The van der Waals surface area contributed by atoms with Gasteiger partial charge in [-0.2, -0.15) is 0 Å². The van der Waals surface area contributed by atoms with Crippen molar-refractivity contribution in [2.24, 2.45) is 5.92 Å². The van der Waals surface area contributed by atoms with E-state index >= 15 is 0 Å². The van der Waals surface area contributed by atoms with E-state index in [1.54, 1.807) is 24.4 Å². The normalized spacial score (nSPS) is 14.3. The van der Waals surface area contributed by atoms with Crippen LogP contribution >= 0.6 is 11.3 Å². The fourth-order valence-corrected chi connectivity index (χ4v) is 4.21. The van der Waals surface area contributed by atoms with Crippen LogP contribution in [-0.2, 0) is 11.3 Å². The molecule has 4 rings (SSSR count). The quantitative estimate of drug-likeness (QED) is 0.624. The average molecular weight is 440 g/mol. The van der Waals surface area contributed by atoms with E-state index in [1.165, 1.54) is 23.5 Å². The molecule has 1 N–H and O–H groups in total. The fraction of sp³-hybridized carbons (Fsp3) is 0.261. The van der Waals surface area contributed by atoms with E-state index in [4.69, 9.17) is 4.74 Å². The van der Waals surface area contributed by atoms with Gasteiger partial charge in [-0.15, -0.1) is 11.3 Å². The van der Waals surface area contributed by atoms with Gasteiger partial charge in [-0.1, -0.05) is 18.2 Å². The lowest BCUT2D eigenvalue weighted by Crippen LogP contribution is -2.42. The molecule has 0 unspecified atom stereocenters. The number of piperidine rings is 1. The SMILES string of the molecule is O=C(NCc1cccnc1Oc1cccc(F)c1)C1CCN(C(=O)c2cccs2)CC1. The van der Waals surface area contributed by atoms with Crippen LogP contribution in [0.1, 0.15) is 28.1 Å². The van der Waals surface area contributed by atoms with Crippen LogP contribution in [0.15, 0.2) is 60.1 Å². The number of hydrogen-bond donors (Lipinski definition) is 1. The van der Waals surface area contributed by atoms with Crippen molar-refractivity contribution >= 4 is 23.2 Å². The van der Waals surface area contributed by atoms with Crippen molar-refractivity contribution < 1.29 is 18.7 Å². The summed E-state index contributed by atoms with van der Waals surface area (Å²) < 4.78 is 19.1. The third-order valence-corrected chi connectivity index (χ3v) is 6.06. The molecule has 2 amide bonds. The number of benzene rings is 1. The van der Waals surface area contributed by atoms with Gasteiger partial charge in [-0.05, 0) is 42.5 Å². The first kappa shape index (κ1) is 21.0. The Morgan fingerprint density at radius 2 is 2.00 bits per heavy atom.